The average molecular weight is 281 g/mol. The van der Waals surface area contributed by atoms with Gasteiger partial charge in [-0.05, 0) is 46.8 Å². The van der Waals surface area contributed by atoms with Crippen LogP contribution in [0.3, 0.4) is 0 Å². The molecular weight excluding hydrogens is 268 g/mol. The molecule has 84 valence electrons. The smallest absolute Gasteiger partial charge is 0.243 e. The van der Waals surface area contributed by atoms with E-state index in [0.717, 1.165) is 22.0 Å². The Morgan fingerprint density at radius 2 is 2.31 bits per heavy atom. The van der Waals surface area contributed by atoms with Crippen LogP contribution in [0.5, 0.6) is 0 Å². The third-order valence-corrected chi connectivity index (χ3v) is 3.64. The molecule has 0 unspecified atom stereocenters. The average Bonchev–Trinajstić information content (AvgIpc) is 2.60. The van der Waals surface area contributed by atoms with Crippen molar-refractivity contribution in [2.75, 3.05) is 5.32 Å². The molecule has 1 aliphatic carbocycles. The number of anilines is 1. The fraction of sp³-hybridized carbons (Fsp3) is 0.455. The van der Waals surface area contributed by atoms with Crippen LogP contribution in [0, 0.1) is 5.92 Å². The van der Waals surface area contributed by atoms with E-state index in [0.29, 0.717) is 6.04 Å². The minimum Gasteiger partial charge on any atom is -0.350 e. The summed E-state index contributed by atoms with van der Waals surface area (Å²) in [6.07, 6.45) is 4.34. The van der Waals surface area contributed by atoms with Crippen molar-refractivity contribution in [3.8, 4) is 0 Å². The predicted octanol–water partition coefficient (Wildman–Crippen LogP) is 2.70. The molecule has 1 N–H and O–H groups in total. The van der Waals surface area contributed by atoms with Gasteiger partial charge in [0, 0.05) is 12.2 Å². The van der Waals surface area contributed by atoms with E-state index in [-0.39, 0.29) is 0 Å². The van der Waals surface area contributed by atoms with E-state index in [1.165, 1.54) is 12.8 Å². The maximum atomic E-state index is 4.45. The third kappa shape index (κ3) is 1.69. The van der Waals surface area contributed by atoms with Crippen LogP contribution < -0.4 is 5.32 Å². The Balaban J connectivity index is 1.85. The van der Waals surface area contributed by atoms with Crippen molar-refractivity contribution in [3.63, 3.8) is 0 Å². The Kier molecular flexibility index (Phi) is 2.35. The van der Waals surface area contributed by atoms with Gasteiger partial charge in [0.1, 0.15) is 0 Å². The normalized spacial score (nSPS) is 24.4. The molecule has 16 heavy (non-hydrogen) atoms. The summed E-state index contributed by atoms with van der Waals surface area (Å²) in [5.74, 6) is 1.56. The summed E-state index contributed by atoms with van der Waals surface area (Å²) in [4.78, 5) is 4.45. The van der Waals surface area contributed by atoms with Crippen molar-refractivity contribution in [2.24, 2.45) is 5.92 Å². The fourth-order valence-electron chi connectivity index (χ4n) is 2.14. The maximum absolute atomic E-state index is 4.45. The molecule has 0 spiro atoms. The zero-order chi connectivity index (χ0) is 11.1. The van der Waals surface area contributed by atoms with Crippen molar-refractivity contribution < 1.29 is 0 Å². The second kappa shape index (κ2) is 3.73. The quantitative estimate of drug-likeness (QED) is 0.920. The van der Waals surface area contributed by atoms with E-state index in [1.54, 1.807) is 4.52 Å². The molecule has 1 aliphatic rings. The minimum absolute atomic E-state index is 0.547. The minimum atomic E-state index is 0.547. The molecule has 0 atom stereocenters. The first-order valence-electron chi connectivity index (χ1n) is 5.50. The molecule has 0 aromatic carbocycles. The monoisotopic (exact) mass is 280 g/mol. The van der Waals surface area contributed by atoms with Gasteiger partial charge in [-0.1, -0.05) is 6.92 Å². The van der Waals surface area contributed by atoms with Gasteiger partial charge in [-0.15, -0.1) is 5.10 Å². The summed E-state index contributed by atoms with van der Waals surface area (Å²) >= 11 is 3.47. The highest BCUT2D eigenvalue weighted by molar-refractivity contribution is 9.10. The number of fused-ring (bicyclic) bond motifs is 1. The lowest BCUT2D eigenvalue weighted by molar-refractivity contribution is 0.308. The lowest BCUT2D eigenvalue weighted by atomic mass is 9.82. The molecule has 5 heteroatoms. The van der Waals surface area contributed by atoms with E-state index in [1.807, 2.05) is 18.3 Å². The van der Waals surface area contributed by atoms with Crippen molar-refractivity contribution in [1.82, 2.24) is 14.6 Å². The van der Waals surface area contributed by atoms with Crippen LogP contribution >= 0.6 is 15.9 Å². The summed E-state index contributed by atoms with van der Waals surface area (Å²) in [6.45, 7) is 2.27. The fourth-order valence-corrected chi connectivity index (χ4v) is 2.56. The Labute approximate surface area is 102 Å². The van der Waals surface area contributed by atoms with Gasteiger partial charge in [-0.2, -0.15) is 4.98 Å². The zero-order valence-electron chi connectivity index (χ0n) is 9.02. The molecule has 0 radical (unpaired) electrons. The molecule has 0 bridgehead atoms. The van der Waals surface area contributed by atoms with E-state index >= 15 is 0 Å². The van der Waals surface area contributed by atoms with Crippen molar-refractivity contribution in [3.05, 3.63) is 22.8 Å². The third-order valence-electron chi connectivity index (χ3n) is 3.02. The van der Waals surface area contributed by atoms with Gasteiger partial charge in [-0.25, -0.2) is 4.52 Å². The summed E-state index contributed by atoms with van der Waals surface area (Å²) in [6, 6.07) is 4.46. The highest BCUT2D eigenvalue weighted by Gasteiger charge is 2.26. The lowest BCUT2D eigenvalue weighted by Gasteiger charge is -2.32. The van der Waals surface area contributed by atoms with Crippen molar-refractivity contribution >= 4 is 27.5 Å². The van der Waals surface area contributed by atoms with Crippen LogP contribution in [0.15, 0.2) is 22.8 Å². The SMILES string of the molecule is CC1CC(Nc2nc3c(Br)cccn3n2)C1. The highest BCUT2D eigenvalue weighted by atomic mass is 79.9. The van der Waals surface area contributed by atoms with E-state index in [4.69, 9.17) is 0 Å². The Morgan fingerprint density at radius 3 is 3.00 bits per heavy atom. The zero-order valence-corrected chi connectivity index (χ0v) is 10.6. The maximum Gasteiger partial charge on any atom is 0.243 e. The molecule has 0 saturated heterocycles. The van der Waals surface area contributed by atoms with E-state index in [2.05, 4.69) is 38.3 Å². The van der Waals surface area contributed by atoms with Gasteiger partial charge < -0.3 is 5.32 Å². The molecule has 3 rings (SSSR count). The topological polar surface area (TPSA) is 42.2 Å². The van der Waals surface area contributed by atoms with Crippen molar-refractivity contribution in [2.45, 2.75) is 25.8 Å². The van der Waals surface area contributed by atoms with Gasteiger partial charge in [0.05, 0.1) is 4.47 Å². The molecule has 0 aliphatic heterocycles. The van der Waals surface area contributed by atoms with Gasteiger partial charge in [-0.3, -0.25) is 0 Å². The second-order valence-corrected chi connectivity index (χ2v) is 5.33. The summed E-state index contributed by atoms with van der Waals surface area (Å²) in [7, 11) is 0. The first kappa shape index (κ1) is 10.1. The number of hydrogen-bond acceptors (Lipinski definition) is 3. The second-order valence-electron chi connectivity index (χ2n) is 4.48. The largest absolute Gasteiger partial charge is 0.350 e. The number of aromatic nitrogens is 3. The molecule has 1 saturated carbocycles. The molecular formula is C11H13BrN4. The van der Waals surface area contributed by atoms with Crippen LogP contribution in [0.2, 0.25) is 0 Å². The van der Waals surface area contributed by atoms with Gasteiger partial charge >= 0.3 is 0 Å². The van der Waals surface area contributed by atoms with Crippen molar-refractivity contribution in [1.29, 1.82) is 0 Å². The number of nitrogens with zero attached hydrogens (tertiary/aromatic N) is 3. The van der Waals surface area contributed by atoms with Gasteiger partial charge in [0.15, 0.2) is 5.65 Å². The molecule has 0 amide bonds. The van der Waals surface area contributed by atoms with E-state index < -0.39 is 0 Å². The lowest BCUT2D eigenvalue weighted by Crippen LogP contribution is -2.34. The number of hydrogen-bond donors (Lipinski definition) is 1. The van der Waals surface area contributed by atoms with Crippen LogP contribution in [-0.4, -0.2) is 20.6 Å². The van der Waals surface area contributed by atoms with Crippen LogP contribution in [0.4, 0.5) is 5.95 Å². The summed E-state index contributed by atoms with van der Waals surface area (Å²) < 4.78 is 2.76. The number of pyridine rings is 1. The van der Waals surface area contributed by atoms with Gasteiger partial charge in [0.2, 0.25) is 5.95 Å². The van der Waals surface area contributed by atoms with Crippen LogP contribution in [-0.2, 0) is 0 Å². The molecule has 4 nitrogen and oxygen atoms in total. The Morgan fingerprint density at radius 1 is 1.50 bits per heavy atom. The number of halogens is 1. The highest BCUT2D eigenvalue weighted by Crippen LogP contribution is 2.28. The predicted molar refractivity (Wildman–Crippen MR) is 66.5 cm³/mol. The van der Waals surface area contributed by atoms with Gasteiger partial charge in [0.25, 0.3) is 0 Å². The van der Waals surface area contributed by atoms with Crippen LogP contribution in [0.25, 0.3) is 5.65 Å². The summed E-state index contributed by atoms with van der Waals surface area (Å²) in [5.41, 5.74) is 0.859. The van der Waals surface area contributed by atoms with E-state index in [9.17, 15) is 0 Å². The number of nitrogens with one attached hydrogen (secondary N) is 1. The number of rotatable bonds is 2. The Hall–Kier alpha value is -1.10. The first-order chi connectivity index (χ1) is 7.72. The molecule has 2 aromatic rings. The van der Waals surface area contributed by atoms with Crippen LogP contribution in [0.1, 0.15) is 19.8 Å². The Bertz CT molecular complexity index is 516. The molecule has 1 fully saturated rings. The summed E-state index contributed by atoms with van der Waals surface area (Å²) in [5, 5.41) is 7.75. The molecule has 2 aromatic heterocycles. The molecule has 2 heterocycles. The first-order valence-corrected chi connectivity index (χ1v) is 6.29. The standard InChI is InChI=1S/C11H13BrN4/c1-7-5-8(6-7)13-11-14-10-9(12)3-2-4-16(10)15-11/h2-4,7-8H,5-6H2,1H3,(H,13,15).